The monoisotopic (exact) mass is 253 g/mol. The van der Waals surface area contributed by atoms with Crippen LogP contribution < -0.4 is 5.32 Å². The second-order valence-electron chi connectivity index (χ2n) is 3.09. The molecule has 15 heavy (non-hydrogen) atoms. The van der Waals surface area contributed by atoms with Crippen molar-refractivity contribution in [3.63, 3.8) is 0 Å². The zero-order chi connectivity index (χ0) is 11.0. The van der Waals surface area contributed by atoms with Gasteiger partial charge in [-0.1, -0.05) is 0 Å². The number of hydrogen-bond donors (Lipinski definition) is 1. The molecule has 8 heteroatoms. The van der Waals surface area contributed by atoms with Crippen LogP contribution in [0.25, 0.3) is 0 Å². The Morgan fingerprint density at radius 2 is 1.73 bits per heavy atom. The smallest absolute Gasteiger partial charge is 0.307 e. The van der Waals surface area contributed by atoms with E-state index in [1.807, 2.05) is 0 Å². The molecule has 2 nitrogen and oxygen atoms in total. The van der Waals surface area contributed by atoms with E-state index in [1.165, 1.54) is 0 Å². The summed E-state index contributed by atoms with van der Waals surface area (Å²) in [7, 11) is 0. The van der Waals surface area contributed by atoms with Crippen molar-refractivity contribution in [1.82, 2.24) is 5.32 Å². The molecule has 1 fully saturated rings. The van der Waals surface area contributed by atoms with E-state index in [2.05, 4.69) is 5.32 Å². The van der Waals surface area contributed by atoms with Crippen LogP contribution in [0.2, 0.25) is 0 Å². The minimum Gasteiger partial charge on any atom is -0.307 e. The minimum absolute atomic E-state index is 0. The quantitative estimate of drug-likeness (QED) is 0.762. The maximum atomic E-state index is 12.5. The van der Waals surface area contributed by atoms with Crippen LogP contribution in [-0.4, -0.2) is 30.5 Å². The predicted molar refractivity (Wildman–Crippen MR) is 44.3 cm³/mol. The molecule has 1 rings (SSSR count). The highest BCUT2D eigenvalue weighted by Crippen LogP contribution is 2.37. The van der Waals surface area contributed by atoms with E-state index in [-0.39, 0.29) is 18.8 Å². The molecule has 0 aromatic rings. The Balaban J connectivity index is 0.00000196. The molecule has 1 unspecified atom stereocenters. The molecule has 1 atom stereocenters. The Bertz CT molecular complexity index is 236. The number of nitrogens with one attached hydrogen (secondary N) is 1. The van der Waals surface area contributed by atoms with Gasteiger partial charge in [-0.25, -0.2) is 0 Å². The second kappa shape index (κ2) is 4.61. The van der Waals surface area contributed by atoms with Crippen LogP contribution in [0.5, 0.6) is 0 Å². The summed E-state index contributed by atoms with van der Waals surface area (Å²) in [5, 5.41) is 2.31. The van der Waals surface area contributed by atoms with Gasteiger partial charge < -0.3 is 5.32 Å². The maximum Gasteiger partial charge on any atom is 0.461 e. The van der Waals surface area contributed by atoms with Crippen LogP contribution in [0.1, 0.15) is 12.8 Å². The molecule has 90 valence electrons. The van der Waals surface area contributed by atoms with E-state index in [9.17, 15) is 26.7 Å². The van der Waals surface area contributed by atoms with Crippen molar-refractivity contribution < 1.29 is 26.7 Å². The van der Waals surface area contributed by atoms with Crippen molar-refractivity contribution >= 4 is 18.2 Å². The Morgan fingerprint density at radius 3 is 2.07 bits per heavy atom. The summed E-state index contributed by atoms with van der Waals surface area (Å²) >= 11 is 0. The normalized spacial score (nSPS) is 22.3. The Kier molecular flexibility index (Phi) is 4.48. The van der Waals surface area contributed by atoms with E-state index in [0.29, 0.717) is 13.0 Å². The van der Waals surface area contributed by atoms with Gasteiger partial charge in [0.2, 0.25) is 5.78 Å². The van der Waals surface area contributed by atoms with Crippen LogP contribution in [0.15, 0.2) is 0 Å². The first-order valence-corrected chi connectivity index (χ1v) is 3.99. The number of ketones is 1. The molecule has 0 amide bonds. The largest absolute Gasteiger partial charge is 0.461 e. The highest BCUT2D eigenvalue weighted by Gasteiger charge is 2.64. The third-order valence-electron chi connectivity index (χ3n) is 2.04. The molecule has 1 heterocycles. The molecule has 1 aliphatic rings. The van der Waals surface area contributed by atoms with Crippen molar-refractivity contribution in [3.05, 3.63) is 0 Å². The average molecular weight is 254 g/mol. The second-order valence-corrected chi connectivity index (χ2v) is 3.09. The maximum absolute atomic E-state index is 12.5. The Hall–Kier alpha value is -0.430. The highest BCUT2D eigenvalue weighted by atomic mass is 35.5. The molecule has 1 N–H and O–H groups in total. The lowest BCUT2D eigenvalue weighted by molar-refractivity contribution is -0.269. The fourth-order valence-electron chi connectivity index (χ4n) is 1.27. The minimum atomic E-state index is -5.80. The summed E-state index contributed by atoms with van der Waals surface area (Å²) in [6.07, 6.45) is -5.33. The molecule has 1 saturated heterocycles. The first kappa shape index (κ1) is 14.6. The molecule has 0 spiro atoms. The van der Waals surface area contributed by atoms with Crippen LogP contribution >= 0.6 is 12.4 Å². The summed E-state index contributed by atoms with van der Waals surface area (Å²) in [6.45, 7) is 0.296. The number of hydrogen-bond acceptors (Lipinski definition) is 2. The molecule has 0 aliphatic carbocycles. The fourth-order valence-corrected chi connectivity index (χ4v) is 1.27. The lowest BCUT2D eigenvalue weighted by Gasteiger charge is -2.21. The van der Waals surface area contributed by atoms with E-state index in [4.69, 9.17) is 0 Å². The highest BCUT2D eigenvalue weighted by molar-refractivity contribution is 5.91. The summed E-state index contributed by atoms with van der Waals surface area (Å²) < 4.78 is 60.1. The first-order chi connectivity index (χ1) is 6.27. The molecule has 0 aromatic heterocycles. The lowest BCUT2D eigenvalue weighted by atomic mass is 10.0. The van der Waals surface area contributed by atoms with Crippen molar-refractivity contribution in [2.24, 2.45) is 0 Å². The van der Waals surface area contributed by atoms with Gasteiger partial charge in [0.05, 0.1) is 6.04 Å². The van der Waals surface area contributed by atoms with Crippen LogP contribution in [0, 0.1) is 0 Å². The van der Waals surface area contributed by atoms with Crippen molar-refractivity contribution in [3.8, 4) is 0 Å². The summed E-state index contributed by atoms with van der Waals surface area (Å²) in [4.78, 5) is 10.8. The van der Waals surface area contributed by atoms with Gasteiger partial charge in [-0.05, 0) is 19.4 Å². The standard InChI is InChI=1S/C7H8F5NO.ClH/c8-6(9,7(10,11)12)5(14)4-2-1-3-13-4;/h4,13H,1-3H2;1H. The van der Waals surface area contributed by atoms with Gasteiger partial charge in [0.1, 0.15) is 0 Å². The van der Waals surface area contributed by atoms with Crippen molar-refractivity contribution in [1.29, 1.82) is 0 Å². The summed E-state index contributed by atoms with van der Waals surface area (Å²) in [6, 6.07) is -1.37. The first-order valence-electron chi connectivity index (χ1n) is 3.99. The van der Waals surface area contributed by atoms with E-state index >= 15 is 0 Å². The zero-order valence-corrected chi connectivity index (χ0v) is 8.22. The average Bonchev–Trinajstić information content (AvgIpc) is 2.52. The number of Topliss-reactive ketones (excluding diaryl/α,β-unsaturated/α-hetero) is 1. The predicted octanol–water partition coefficient (Wildman–Crippen LogP) is 1.93. The Labute approximate surface area is 88.6 Å². The van der Waals surface area contributed by atoms with Gasteiger partial charge in [0.15, 0.2) is 0 Å². The van der Waals surface area contributed by atoms with Gasteiger partial charge in [-0.2, -0.15) is 22.0 Å². The van der Waals surface area contributed by atoms with E-state index in [0.717, 1.165) is 0 Å². The van der Waals surface area contributed by atoms with E-state index < -0.39 is 23.9 Å². The number of carbonyl (C=O) groups excluding carboxylic acids is 1. The third kappa shape index (κ3) is 2.78. The SMILES string of the molecule is Cl.O=C(C1CCCN1)C(F)(F)C(F)(F)F. The molecular weight excluding hydrogens is 245 g/mol. The van der Waals surface area contributed by atoms with Crippen LogP contribution in [0.4, 0.5) is 22.0 Å². The molecule has 0 aromatic carbocycles. The molecule has 0 radical (unpaired) electrons. The molecular formula is C7H9ClF5NO. The van der Waals surface area contributed by atoms with Gasteiger partial charge in [-0.15, -0.1) is 12.4 Å². The van der Waals surface area contributed by atoms with Crippen molar-refractivity contribution in [2.45, 2.75) is 31.0 Å². The number of halogens is 6. The van der Waals surface area contributed by atoms with Crippen LogP contribution in [0.3, 0.4) is 0 Å². The summed E-state index contributed by atoms with van der Waals surface area (Å²) in [5.41, 5.74) is 0. The van der Waals surface area contributed by atoms with Gasteiger partial charge in [-0.3, -0.25) is 4.79 Å². The molecule has 1 aliphatic heterocycles. The van der Waals surface area contributed by atoms with E-state index in [1.54, 1.807) is 0 Å². The Morgan fingerprint density at radius 1 is 1.20 bits per heavy atom. The van der Waals surface area contributed by atoms with Crippen molar-refractivity contribution in [2.75, 3.05) is 6.54 Å². The summed E-state index contributed by atoms with van der Waals surface area (Å²) in [5.74, 6) is -7.32. The fraction of sp³-hybridized carbons (Fsp3) is 0.857. The molecule has 0 saturated carbocycles. The van der Waals surface area contributed by atoms with Gasteiger partial charge >= 0.3 is 12.1 Å². The number of rotatable bonds is 2. The molecule has 0 bridgehead atoms. The van der Waals surface area contributed by atoms with Gasteiger partial charge in [0.25, 0.3) is 0 Å². The van der Waals surface area contributed by atoms with Gasteiger partial charge in [0, 0.05) is 0 Å². The topological polar surface area (TPSA) is 29.1 Å². The zero-order valence-electron chi connectivity index (χ0n) is 7.40. The number of alkyl halides is 5. The third-order valence-corrected chi connectivity index (χ3v) is 2.04. The number of carbonyl (C=O) groups is 1. The van der Waals surface area contributed by atoms with Crippen LogP contribution in [-0.2, 0) is 4.79 Å². The lowest BCUT2D eigenvalue weighted by Crippen LogP contribution is -2.51.